The number of anilines is 2. The Hall–Kier alpha value is -2.82. The molecule has 0 aliphatic heterocycles. The van der Waals surface area contributed by atoms with E-state index < -0.39 is 0 Å². The molecule has 4 fully saturated rings. The molecule has 0 radical (unpaired) electrons. The van der Waals surface area contributed by atoms with Crippen LogP contribution >= 0.6 is 0 Å². The Kier molecular flexibility index (Phi) is 4.80. The number of rotatable bonds is 5. The lowest BCUT2D eigenvalue weighted by atomic mass is 9.42. The van der Waals surface area contributed by atoms with E-state index in [1.54, 1.807) is 7.11 Å². The number of carbonyl (C=O) groups excluding carboxylic acids is 2. The van der Waals surface area contributed by atoms with Crippen LogP contribution in [0.1, 0.15) is 51.0 Å². The summed E-state index contributed by atoms with van der Waals surface area (Å²) in [5.41, 5.74) is 2.69. The summed E-state index contributed by atoms with van der Waals surface area (Å²) in [6.07, 6.45) is 6.56. The van der Waals surface area contributed by atoms with Crippen LogP contribution in [0.15, 0.2) is 48.5 Å². The summed E-state index contributed by atoms with van der Waals surface area (Å²) in [4.78, 5) is 24.8. The molecule has 31 heavy (non-hydrogen) atoms. The third-order valence-corrected chi connectivity index (χ3v) is 7.71. The molecule has 4 bridgehead atoms. The number of hydrogen-bond donors (Lipinski definition) is 2. The first-order chi connectivity index (χ1) is 14.9. The fourth-order valence-corrected chi connectivity index (χ4v) is 6.91. The van der Waals surface area contributed by atoms with E-state index in [1.165, 1.54) is 31.7 Å². The third-order valence-electron chi connectivity index (χ3n) is 7.71. The van der Waals surface area contributed by atoms with Gasteiger partial charge in [-0.05, 0) is 97.7 Å². The average Bonchev–Trinajstić information content (AvgIpc) is 2.74. The molecule has 4 aliphatic carbocycles. The largest absolute Gasteiger partial charge is 0.497 e. The van der Waals surface area contributed by atoms with Crippen LogP contribution in [0.4, 0.5) is 11.4 Å². The van der Waals surface area contributed by atoms with Crippen molar-refractivity contribution in [3.05, 3.63) is 54.1 Å². The van der Waals surface area contributed by atoms with Crippen molar-refractivity contribution in [2.45, 2.75) is 50.9 Å². The Morgan fingerprint density at radius 2 is 1.45 bits per heavy atom. The van der Waals surface area contributed by atoms with Gasteiger partial charge in [-0.15, -0.1) is 0 Å². The van der Waals surface area contributed by atoms with Crippen LogP contribution in [-0.2, 0) is 15.0 Å². The minimum absolute atomic E-state index is 0.100. The van der Waals surface area contributed by atoms with Crippen LogP contribution in [0.5, 0.6) is 5.75 Å². The van der Waals surface area contributed by atoms with Crippen molar-refractivity contribution in [3.63, 3.8) is 0 Å². The third kappa shape index (κ3) is 3.60. The molecule has 162 valence electrons. The zero-order valence-corrected chi connectivity index (χ0v) is 18.2. The van der Waals surface area contributed by atoms with Gasteiger partial charge in [0.2, 0.25) is 11.8 Å². The molecule has 5 nitrogen and oxygen atoms in total. The van der Waals surface area contributed by atoms with Crippen molar-refractivity contribution >= 4 is 23.2 Å². The average molecular weight is 419 g/mol. The molecule has 5 heteroatoms. The van der Waals surface area contributed by atoms with Gasteiger partial charge < -0.3 is 15.4 Å². The molecule has 2 amide bonds. The highest BCUT2D eigenvalue weighted by molar-refractivity contribution is 5.96. The summed E-state index contributed by atoms with van der Waals surface area (Å²) in [5, 5.41) is 5.96. The number of hydrogen-bond acceptors (Lipinski definition) is 3. The second-order valence-electron chi connectivity index (χ2n) is 9.96. The fraction of sp³-hybridized carbons (Fsp3) is 0.462. The maximum absolute atomic E-state index is 13.6. The first-order valence-corrected chi connectivity index (χ1v) is 11.2. The topological polar surface area (TPSA) is 67.4 Å². The SMILES string of the molecule is COc1ccc(C23CC4CC(CC(C(=O)Nc5ccc(NC(C)=O)cc5)(C4)C2)C3)cc1. The second kappa shape index (κ2) is 7.40. The summed E-state index contributed by atoms with van der Waals surface area (Å²) in [7, 11) is 1.70. The summed E-state index contributed by atoms with van der Waals surface area (Å²) >= 11 is 0. The van der Waals surface area contributed by atoms with Crippen molar-refractivity contribution in [1.29, 1.82) is 0 Å². The Balaban J connectivity index is 1.38. The lowest BCUT2D eigenvalue weighted by Crippen LogP contribution is -2.57. The standard InChI is InChI=1S/C26H30N2O3/c1-17(29)27-21-5-7-22(8-6-21)28-24(30)26-14-18-11-19(15-26)13-25(12-18,16-26)20-3-9-23(31-2)10-4-20/h3-10,18-19H,11-16H2,1-2H3,(H,27,29)(H,28,30). The normalized spacial score (nSPS) is 30.6. The lowest BCUT2D eigenvalue weighted by Gasteiger charge is -2.61. The maximum Gasteiger partial charge on any atom is 0.230 e. The van der Waals surface area contributed by atoms with Gasteiger partial charge in [0.1, 0.15) is 5.75 Å². The predicted molar refractivity (Wildman–Crippen MR) is 121 cm³/mol. The number of nitrogens with one attached hydrogen (secondary N) is 2. The molecular weight excluding hydrogens is 388 g/mol. The first-order valence-electron chi connectivity index (χ1n) is 11.2. The Labute approximate surface area is 183 Å². The fourth-order valence-electron chi connectivity index (χ4n) is 6.91. The molecule has 4 aliphatic rings. The predicted octanol–water partition coefficient (Wildman–Crippen LogP) is 5.13. The van der Waals surface area contributed by atoms with Gasteiger partial charge in [0, 0.05) is 18.3 Å². The van der Waals surface area contributed by atoms with E-state index in [4.69, 9.17) is 4.74 Å². The van der Waals surface area contributed by atoms with Crippen molar-refractivity contribution in [3.8, 4) is 5.75 Å². The van der Waals surface area contributed by atoms with E-state index >= 15 is 0 Å². The molecule has 0 aromatic heterocycles. The van der Waals surface area contributed by atoms with Gasteiger partial charge in [-0.1, -0.05) is 12.1 Å². The van der Waals surface area contributed by atoms with Crippen LogP contribution < -0.4 is 15.4 Å². The van der Waals surface area contributed by atoms with E-state index in [1.807, 2.05) is 24.3 Å². The van der Waals surface area contributed by atoms with Gasteiger partial charge in [0.05, 0.1) is 12.5 Å². The monoisotopic (exact) mass is 418 g/mol. The Morgan fingerprint density at radius 3 is 2.00 bits per heavy atom. The van der Waals surface area contributed by atoms with Crippen molar-refractivity contribution in [2.24, 2.45) is 17.3 Å². The van der Waals surface area contributed by atoms with Gasteiger partial charge in [-0.2, -0.15) is 0 Å². The second-order valence-corrected chi connectivity index (χ2v) is 9.96. The van der Waals surface area contributed by atoms with Crippen LogP contribution in [0.3, 0.4) is 0 Å². The molecule has 2 aromatic rings. The molecular formula is C26H30N2O3. The number of amides is 2. The van der Waals surface area contributed by atoms with Crippen LogP contribution in [0.25, 0.3) is 0 Å². The molecule has 0 spiro atoms. The zero-order valence-electron chi connectivity index (χ0n) is 18.2. The molecule has 2 N–H and O–H groups in total. The summed E-state index contributed by atoms with van der Waals surface area (Å²) in [6, 6.07) is 15.9. The molecule has 6 rings (SSSR count). The van der Waals surface area contributed by atoms with E-state index in [0.29, 0.717) is 11.8 Å². The number of carbonyl (C=O) groups is 2. The van der Waals surface area contributed by atoms with E-state index in [9.17, 15) is 9.59 Å². The molecule has 0 heterocycles. The van der Waals surface area contributed by atoms with Gasteiger partial charge in [0.15, 0.2) is 0 Å². The van der Waals surface area contributed by atoms with E-state index in [-0.39, 0.29) is 22.6 Å². The number of ether oxygens (including phenoxy) is 1. The van der Waals surface area contributed by atoms with Crippen LogP contribution in [-0.4, -0.2) is 18.9 Å². The van der Waals surface area contributed by atoms with Gasteiger partial charge >= 0.3 is 0 Å². The molecule has 4 saturated carbocycles. The first kappa shape index (κ1) is 20.1. The summed E-state index contributed by atoms with van der Waals surface area (Å²) in [6.45, 7) is 1.49. The van der Waals surface area contributed by atoms with Gasteiger partial charge in [-0.3, -0.25) is 9.59 Å². The highest BCUT2D eigenvalue weighted by atomic mass is 16.5. The minimum atomic E-state index is -0.291. The van der Waals surface area contributed by atoms with Crippen molar-refractivity contribution in [1.82, 2.24) is 0 Å². The minimum Gasteiger partial charge on any atom is -0.497 e. The Bertz CT molecular complexity index is 982. The molecule has 2 aromatic carbocycles. The van der Waals surface area contributed by atoms with Crippen molar-refractivity contribution < 1.29 is 14.3 Å². The van der Waals surface area contributed by atoms with E-state index in [0.717, 1.165) is 36.4 Å². The highest BCUT2D eigenvalue weighted by Gasteiger charge is 2.60. The zero-order chi connectivity index (χ0) is 21.6. The van der Waals surface area contributed by atoms with Crippen LogP contribution in [0, 0.1) is 17.3 Å². The van der Waals surface area contributed by atoms with Crippen LogP contribution in [0.2, 0.25) is 0 Å². The quantitative estimate of drug-likeness (QED) is 0.707. The lowest BCUT2D eigenvalue weighted by molar-refractivity contribution is -0.143. The molecule has 2 unspecified atom stereocenters. The smallest absolute Gasteiger partial charge is 0.230 e. The molecule has 2 atom stereocenters. The Morgan fingerprint density at radius 1 is 0.871 bits per heavy atom. The molecule has 0 saturated heterocycles. The number of methoxy groups -OCH3 is 1. The van der Waals surface area contributed by atoms with E-state index in [2.05, 4.69) is 34.9 Å². The maximum atomic E-state index is 13.6. The van der Waals surface area contributed by atoms with Crippen molar-refractivity contribution in [2.75, 3.05) is 17.7 Å². The van der Waals surface area contributed by atoms with Gasteiger partial charge in [0.25, 0.3) is 0 Å². The van der Waals surface area contributed by atoms with Gasteiger partial charge in [-0.25, -0.2) is 0 Å². The number of benzene rings is 2. The summed E-state index contributed by atoms with van der Waals surface area (Å²) < 4.78 is 5.35. The highest BCUT2D eigenvalue weighted by Crippen LogP contribution is 2.66. The summed E-state index contributed by atoms with van der Waals surface area (Å²) in [5.74, 6) is 2.18.